The molecule has 0 bridgehead atoms. The fourth-order valence-corrected chi connectivity index (χ4v) is 3.73. The van der Waals surface area contributed by atoms with E-state index < -0.39 is 10.0 Å². The molecular weight excluding hydrogens is 404 g/mol. The van der Waals surface area contributed by atoms with Gasteiger partial charge in [0.05, 0.1) is 30.0 Å². The van der Waals surface area contributed by atoms with Crippen molar-refractivity contribution in [2.75, 3.05) is 19.0 Å². The standard InChI is InChI=1S/C18H19ClN4O4S/c1-27-7-6-23-11-14-16(22-23)9-13(10-17(14)28(20,25)26)21-18(24)8-12-4-2-3-5-15(12)19/h2-5,9-11H,6-8H2,1H3,(H,21,24)(H2,20,25,26). The molecule has 0 saturated heterocycles. The minimum atomic E-state index is -4.02. The molecule has 0 aliphatic heterocycles. The van der Waals surface area contributed by atoms with Crippen molar-refractivity contribution in [3.8, 4) is 0 Å². The maximum atomic E-state index is 12.4. The van der Waals surface area contributed by atoms with Crippen molar-refractivity contribution < 1.29 is 17.9 Å². The van der Waals surface area contributed by atoms with Gasteiger partial charge >= 0.3 is 0 Å². The Hall–Kier alpha value is -2.46. The minimum absolute atomic E-state index is 0.0463. The Balaban J connectivity index is 1.92. The molecule has 3 rings (SSSR count). The smallest absolute Gasteiger partial charge is 0.238 e. The Bertz CT molecular complexity index is 1130. The molecule has 28 heavy (non-hydrogen) atoms. The van der Waals surface area contributed by atoms with E-state index in [0.29, 0.717) is 34.6 Å². The number of methoxy groups -OCH3 is 1. The first-order valence-corrected chi connectivity index (χ1v) is 10.3. The highest BCUT2D eigenvalue weighted by Gasteiger charge is 2.18. The zero-order valence-corrected chi connectivity index (χ0v) is 16.6. The predicted octanol–water partition coefficient (Wildman–Crippen LogP) is 2.16. The second-order valence-corrected chi connectivity index (χ2v) is 8.09. The number of nitrogens with one attached hydrogen (secondary N) is 1. The van der Waals surface area contributed by atoms with Crippen LogP contribution in [0, 0.1) is 0 Å². The second-order valence-electron chi connectivity index (χ2n) is 6.15. The Morgan fingerprint density at radius 2 is 2.07 bits per heavy atom. The molecule has 1 aromatic heterocycles. The van der Waals surface area contributed by atoms with Gasteiger partial charge in [-0.1, -0.05) is 29.8 Å². The molecule has 0 radical (unpaired) electrons. The van der Waals surface area contributed by atoms with Crippen molar-refractivity contribution in [2.45, 2.75) is 17.9 Å². The van der Waals surface area contributed by atoms with E-state index in [0.717, 1.165) is 0 Å². The number of ether oxygens (including phenoxy) is 1. The molecule has 0 fully saturated rings. The summed E-state index contributed by atoms with van der Waals surface area (Å²) in [6.07, 6.45) is 1.63. The average molecular weight is 423 g/mol. The van der Waals surface area contributed by atoms with Crippen molar-refractivity contribution in [2.24, 2.45) is 5.14 Å². The number of carbonyl (C=O) groups is 1. The second kappa shape index (κ2) is 8.27. The van der Waals surface area contributed by atoms with Crippen molar-refractivity contribution >= 4 is 44.1 Å². The van der Waals surface area contributed by atoms with E-state index in [1.807, 2.05) is 0 Å². The first-order chi connectivity index (χ1) is 13.3. The third-order valence-electron chi connectivity index (χ3n) is 4.06. The van der Waals surface area contributed by atoms with Crippen LogP contribution in [-0.2, 0) is 32.5 Å². The fraction of sp³-hybridized carbons (Fsp3) is 0.222. The first-order valence-electron chi connectivity index (χ1n) is 8.34. The van der Waals surface area contributed by atoms with E-state index in [1.54, 1.807) is 48.3 Å². The zero-order valence-electron chi connectivity index (χ0n) is 15.1. The van der Waals surface area contributed by atoms with Gasteiger partial charge in [-0.05, 0) is 23.8 Å². The van der Waals surface area contributed by atoms with Gasteiger partial charge in [0.1, 0.15) is 0 Å². The summed E-state index contributed by atoms with van der Waals surface area (Å²) < 4.78 is 30.6. The number of sulfonamides is 1. The van der Waals surface area contributed by atoms with Crippen LogP contribution in [0.5, 0.6) is 0 Å². The van der Waals surface area contributed by atoms with Gasteiger partial charge in [-0.25, -0.2) is 13.6 Å². The largest absolute Gasteiger partial charge is 0.383 e. The SMILES string of the molecule is COCCn1cc2c(S(N)(=O)=O)cc(NC(=O)Cc3ccccc3Cl)cc2n1. The van der Waals surface area contributed by atoms with Gasteiger partial charge in [0.15, 0.2) is 0 Å². The molecule has 2 aromatic carbocycles. The number of halogens is 1. The van der Waals surface area contributed by atoms with Crippen LogP contribution in [-0.4, -0.2) is 37.8 Å². The van der Waals surface area contributed by atoms with Gasteiger partial charge in [0.2, 0.25) is 15.9 Å². The summed E-state index contributed by atoms with van der Waals surface area (Å²) in [4.78, 5) is 12.3. The number of fused-ring (bicyclic) bond motifs is 1. The molecule has 0 spiro atoms. The highest BCUT2D eigenvalue weighted by Crippen LogP contribution is 2.26. The normalized spacial score (nSPS) is 11.7. The van der Waals surface area contributed by atoms with Gasteiger partial charge in [0, 0.05) is 29.4 Å². The molecule has 3 aromatic rings. The average Bonchev–Trinajstić information content (AvgIpc) is 3.03. The van der Waals surface area contributed by atoms with E-state index in [9.17, 15) is 13.2 Å². The van der Waals surface area contributed by atoms with Gasteiger partial charge in [-0.15, -0.1) is 0 Å². The number of hydrogen-bond acceptors (Lipinski definition) is 5. The maximum absolute atomic E-state index is 12.4. The van der Waals surface area contributed by atoms with Crippen LogP contribution in [0.3, 0.4) is 0 Å². The van der Waals surface area contributed by atoms with Crippen LogP contribution in [0.4, 0.5) is 5.69 Å². The number of hydrogen-bond donors (Lipinski definition) is 2. The molecule has 148 valence electrons. The number of benzene rings is 2. The third kappa shape index (κ3) is 4.68. The monoisotopic (exact) mass is 422 g/mol. The molecular formula is C18H19ClN4O4S. The Morgan fingerprint density at radius 1 is 1.32 bits per heavy atom. The number of amides is 1. The number of anilines is 1. The lowest BCUT2D eigenvalue weighted by molar-refractivity contribution is -0.115. The summed E-state index contributed by atoms with van der Waals surface area (Å²) >= 11 is 6.08. The Morgan fingerprint density at radius 3 is 2.75 bits per heavy atom. The van der Waals surface area contributed by atoms with E-state index in [4.69, 9.17) is 21.5 Å². The number of aromatic nitrogens is 2. The first kappa shape index (κ1) is 20.3. The van der Waals surface area contributed by atoms with E-state index in [1.165, 1.54) is 6.07 Å². The van der Waals surface area contributed by atoms with Gasteiger partial charge in [-0.2, -0.15) is 5.10 Å². The van der Waals surface area contributed by atoms with Gasteiger partial charge in [0.25, 0.3) is 0 Å². The lowest BCUT2D eigenvalue weighted by Crippen LogP contribution is -2.16. The molecule has 0 atom stereocenters. The number of nitrogens with two attached hydrogens (primary N) is 1. The zero-order chi connectivity index (χ0) is 20.3. The molecule has 0 aliphatic rings. The van der Waals surface area contributed by atoms with Crippen LogP contribution in [0.1, 0.15) is 5.56 Å². The highest BCUT2D eigenvalue weighted by molar-refractivity contribution is 7.89. The van der Waals surface area contributed by atoms with Crippen molar-refractivity contribution in [3.05, 3.63) is 53.2 Å². The minimum Gasteiger partial charge on any atom is -0.383 e. The number of primary sulfonamides is 1. The highest BCUT2D eigenvalue weighted by atomic mass is 35.5. The van der Waals surface area contributed by atoms with Crippen molar-refractivity contribution in [1.82, 2.24) is 9.78 Å². The lowest BCUT2D eigenvalue weighted by atomic mass is 10.1. The molecule has 3 N–H and O–H groups in total. The summed E-state index contributed by atoms with van der Waals surface area (Å²) in [6, 6.07) is 9.92. The van der Waals surface area contributed by atoms with Crippen LogP contribution in [0.15, 0.2) is 47.5 Å². The third-order valence-corrected chi connectivity index (χ3v) is 5.38. The van der Waals surface area contributed by atoms with Crippen molar-refractivity contribution in [1.29, 1.82) is 0 Å². The summed E-state index contributed by atoms with van der Waals surface area (Å²) in [5.74, 6) is -0.341. The van der Waals surface area contributed by atoms with Gasteiger partial charge < -0.3 is 10.1 Å². The molecule has 8 nitrogen and oxygen atoms in total. The van der Waals surface area contributed by atoms with Crippen LogP contribution < -0.4 is 10.5 Å². The summed E-state index contributed by atoms with van der Waals surface area (Å²) in [7, 11) is -2.46. The van der Waals surface area contributed by atoms with Crippen LogP contribution in [0.25, 0.3) is 10.9 Å². The van der Waals surface area contributed by atoms with E-state index in [2.05, 4.69) is 10.4 Å². The van der Waals surface area contributed by atoms with Crippen molar-refractivity contribution in [3.63, 3.8) is 0 Å². The Labute approximate surface area is 167 Å². The topological polar surface area (TPSA) is 116 Å². The van der Waals surface area contributed by atoms with E-state index in [-0.39, 0.29) is 22.9 Å². The van der Waals surface area contributed by atoms with E-state index >= 15 is 0 Å². The number of nitrogens with zero attached hydrogens (tertiary/aromatic N) is 2. The maximum Gasteiger partial charge on any atom is 0.238 e. The quantitative estimate of drug-likeness (QED) is 0.605. The number of rotatable bonds is 7. The molecule has 0 aliphatic carbocycles. The van der Waals surface area contributed by atoms with Crippen LogP contribution in [0.2, 0.25) is 5.02 Å². The lowest BCUT2D eigenvalue weighted by Gasteiger charge is -2.08. The predicted molar refractivity (Wildman–Crippen MR) is 107 cm³/mol. The van der Waals surface area contributed by atoms with Crippen LogP contribution >= 0.6 is 11.6 Å². The fourth-order valence-electron chi connectivity index (χ4n) is 2.77. The molecule has 0 unspecified atom stereocenters. The Kier molecular flexibility index (Phi) is 5.99. The molecule has 10 heteroatoms. The van der Waals surface area contributed by atoms with Gasteiger partial charge in [-0.3, -0.25) is 9.48 Å². The molecule has 1 amide bonds. The summed E-state index contributed by atoms with van der Waals surface area (Å²) in [5, 5.41) is 13.2. The summed E-state index contributed by atoms with van der Waals surface area (Å²) in [5.41, 5.74) is 1.35. The molecule has 1 heterocycles. The summed E-state index contributed by atoms with van der Waals surface area (Å²) in [6.45, 7) is 0.865. The molecule has 0 saturated carbocycles. The number of carbonyl (C=O) groups excluding carboxylic acids is 1.